The van der Waals surface area contributed by atoms with Crippen LogP contribution in [0.15, 0.2) is 29.4 Å². The van der Waals surface area contributed by atoms with Gasteiger partial charge in [0.05, 0.1) is 5.71 Å². The third-order valence-corrected chi connectivity index (χ3v) is 1.69. The summed E-state index contributed by atoms with van der Waals surface area (Å²) in [6.45, 7) is 3.22. The molecule has 0 spiro atoms. The molecule has 14 heavy (non-hydrogen) atoms. The van der Waals surface area contributed by atoms with Gasteiger partial charge in [-0.1, -0.05) is 12.1 Å². The molecule has 74 valence electrons. The van der Waals surface area contributed by atoms with E-state index in [2.05, 4.69) is 10.5 Å². The SMILES string of the molecule is CC(=O)N/N=C(\C)c1cccc(N)c1. The van der Waals surface area contributed by atoms with E-state index in [1.54, 1.807) is 12.1 Å². The molecular weight excluding hydrogens is 178 g/mol. The van der Waals surface area contributed by atoms with Crippen LogP contribution < -0.4 is 11.2 Å². The van der Waals surface area contributed by atoms with Crippen LogP contribution in [0.3, 0.4) is 0 Å². The molecule has 0 aromatic heterocycles. The van der Waals surface area contributed by atoms with Crippen LogP contribution in [0.25, 0.3) is 0 Å². The van der Waals surface area contributed by atoms with Gasteiger partial charge in [0, 0.05) is 12.6 Å². The fraction of sp³-hybridized carbons (Fsp3) is 0.200. The smallest absolute Gasteiger partial charge is 0.236 e. The minimum Gasteiger partial charge on any atom is -0.399 e. The van der Waals surface area contributed by atoms with Crippen LogP contribution in [0.5, 0.6) is 0 Å². The van der Waals surface area contributed by atoms with Crippen molar-refractivity contribution in [2.45, 2.75) is 13.8 Å². The Morgan fingerprint density at radius 3 is 2.71 bits per heavy atom. The molecule has 0 fully saturated rings. The number of nitrogens with zero attached hydrogens (tertiary/aromatic N) is 1. The summed E-state index contributed by atoms with van der Waals surface area (Å²) in [7, 11) is 0. The minimum absolute atomic E-state index is 0.187. The highest BCUT2D eigenvalue weighted by Gasteiger charge is 1.97. The van der Waals surface area contributed by atoms with Crippen LogP contribution in [-0.4, -0.2) is 11.6 Å². The van der Waals surface area contributed by atoms with Crippen molar-refractivity contribution < 1.29 is 4.79 Å². The summed E-state index contributed by atoms with van der Waals surface area (Å²) in [4.78, 5) is 10.6. The van der Waals surface area contributed by atoms with E-state index in [0.717, 1.165) is 11.3 Å². The molecule has 0 bridgehead atoms. The Morgan fingerprint density at radius 1 is 1.43 bits per heavy atom. The van der Waals surface area contributed by atoms with Crippen molar-refractivity contribution in [2.75, 3.05) is 5.73 Å². The van der Waals surface area contributed by atoms with Gasteiger partial charge in [-0.15, -0.1) is 0 Å². The Labute approximate surface area is 82.8 Å². The molecule has 1 aromatic carbocycles. The molecule has 1 rings (SSSR count). The normalized spacial score (nSPS) is 11.1. The summed E-state index contributed by atoms with van der Waals surface area (Å²) in [5.41, 5.74) is 10.3. The monoisotopic (exact) mass is 191 g/mol. The lowest BCUT2D eigenvalue weighted by atomic mass is 10.1. The lowest BCUT2D eigenvalue weighted by molar-refractivity contribution is -0.118. The number of rotatable bonds is 2. The lowest BCUT2D eigenvalue weighted by Crippen LogP contribution is -2.15. The van der Waals surface area contributed by atoms with Crippen LogP contribution in [0.4, 0.5) is 5.69 Å². The summed E-state index contributed by atoms with van der Waals surface area (Å²) in [6.07, 6.45) is 0. The number of hydrogen-bond acceptors (Lipinski definition) is 3. The first-order valence-corrected chi connectivity index (χ1v) is 4.26. The highest BCUT2D eigenvalue weighted by molar-refractivity contribution is 5.99. The Bertz CT molecular complexity index is 371. The highest BCUT2D eigenvalue weighted by atomic mass is 16.2. The fourth-order valence-corrected chi connectivity index (χ4v) is 0.991. The van der Waals surface area contributed by atoms with Gasteiger partial charge in [-0.3, -0.25) is 4.79 Å². The molecule has 0 heterocycles. The first kappa shape index (κ1) is 10.2. The average molecular weight is 191 g/mol. The number of nitrogens with one attached hydrogen (secondary N) is 1. The van der Waals surface area contributed by atoms with Gasteiger partial charge in [-0.05, 0) is 24.6 Å². The standard InChI is InChI=1S/C10H13N3O/c1-7(12-13-8(2)14)9-4-3-5-10(11)6-9/h3-6H,11H2,1-2H3,(H,13,14)/b12-7+. The summed E-state index contributed by atoms with van der Waals surface area (Å²) >= 11 is 0. The van der Waals surface area contributed by atoms with Crippen molar-refractivity contribution in [1.82, 2.24) is 5.43 Å². The van der Waals surface area contributed by atoms with Gasteiger partial charge in [-0.25, -0.2) is 5.43 Å². The van der Waals surface area contributed by atoms with Crippen molar-refractivity contribution in [3.63, 3.8) is 0 Å². The second kappa shape index (κ2) is 4.41. The molecule has 0 atom stereocenters. The van der Waals surface area contributed by atoms with E-state index in [0.29, 0.717) is 5.69 Å². The maximum absolute atomic E-state index is 10.6. The molecule has 1 aromatic rings. The minimum atomic E-state index is -0.187. The van der Waals surface area contributed by atoms with Crippen molar-refractivity contribution in [3.8, 4) is 0 Å². The highest BCUT2D eigenvalue weighted by Crippen LogP contribution is 2.07. The Balaban J connectivity index is 2.83. The van der Waals surface area contributed by atoms with Crippen LogP contribution in [0, 0.1) is 0 Å². The number of benzene rings is 1. The van der Waals surface area contributed by atoms with Crippen LogP contribution in [-0.2, 0) is 4.79 Å². The molecular formula is C10H13N3O. The molecule has 0 saturated carbocycles. The number of nitrogens with two attached hydrogens (primary N) is 1. The average Bonchev–Trinajstić information content (AvgIpc) is 2.14. The third-order valence-electron chi connectivity index (χ3n) is 1.69. The number of anilines is 1. The molecule has 0 radical (unpaired) electrons. The van der Waals surface area contributed by atoms with E-state index in [4.69, 9.17) is 5.73 Å². The Kier molecular flexibility index (Phi) is 3.23. The molecule has 4 nitrogen and oxygen atoms in total. The maximum atomic E-state index is 10.6. The Hall–Kier alpha value is -1.84. The number of carbonyl (C=O) groups is 1. The van der Waals surface area contributed by atoms with Crippen molar-refractivity contribution in [3.05, 3.63) is 29.8 Å². The summed E-state index contributed by atoms with van der Waals surface area (Å²) < 4.78 is 0. The lowest BCUT2D eigenvalue weighted by Gasteiger charge is -2.01. The van der Waals surface area contributed by atoms with E-state index in [-0.39, 0.29) is 5.91 Å². The van der Waals surface area contributed by atoms with E-state index in [1.807, 2.05) is 19.1 Å². The predicted octanol–water partition coefficient (Wildman–Crippen LogP) is 1.13. The Morgan fingerprint density at radius 2 is 2.14 bits per heavy atom. The van der Waals surface area contributed by atoms with Crippen LogP contribution >= 0.6 is 0 Å². The van der Waals surface area contributed by atoms with Crippen molar-refractivity contribution >= 4 is 17.3 Å². The first-order valence-electron chi connectivity index (χ1n) is 4.26. The number of hydrogen-bond donors (Lipinski definition) is 2. The van der Waals surface area contributed by atoms with Gasteiger partial charge in [0.15, 0.2) is 0 Å². The number of carbonyl (C=O) groups excluding carboxylic acids is 1. The molecule has 0 aliphatic rings. The molecule has 0 unspecified atom stereocenters. The van der Waals surface area contributed by atoms with Crippen LogP contribution in [0.1, 0.15) is 19.4 Å². The van der Waals surface area contributed by atoms with Crippen LogP contribution in [0.2, 0.25) is 0 Å². The van der Waals surface area contributed by atoms with Crippen molar-refractivity contribution in [1.29, 1.82) is 0 Å². The summed E-state index contributed by atoms with van der Waals surface area (Å²) in [5, 5.41) is 3.90. The molecule has 0 saturated heterocycles. The largest absolute Gasteiger partial charge is 0.399 e. The second-order valence-electron chi connectivity index (χ2n) is 2.99. The molecule has 0 aliphatic heterocycles. The quantitative estimate of drug-likeness (QED) is 0.418. The van der Waals surface area contributed by atoms with E-state index in [9.17, 15) is 4.79 Å². The number of nitrogen functional groups attached to an aromatic ring is 1. The molecule has 0 aliphatic carbocycles. The van der Waals surface area contributed by atoms with Gasteiger partial charge in [0.1, 0.15) is 0 Å². The number of amides is 1. The predicted molar refractivity (Wildman–Crippen MR) is 56.9 cm³/mol. The van der Waals surface area contributed by atoms with Crippen molar-refractivity contribution in [2.24, 2.45) is 5.10 Å². The second-order valence-corrected chi connectivity index (χ2v) is 2.99. The van der Waals surface area contributed by atoms with Gasteiger partial charge in [0.25, 0.3) is 0 Å². The zero-order valence-electron chi connectivity index (χ0n) is 8.24. The third kappa shape index (κ3) is 2.90. The van der Waals surface area contributed by atoms with E-state index >= 15 is 0 Å². The topological polar surface area (TPSA) is 67.5 Å². The van der Waals surface area contributed by atoms with Gasteiger partial charge in [0.2, 0.25) is 5.91 Å². The van der Waals surface area contributed by atoms with E-state index in [1.165, 1.54) is 6.92 Å². The molecule has 4 heteroatoms. The fourth-order valence-electron chi connectivity index (χ4n) is 0.991. The van der Waals surface area contributed by atoms with Gasteiger partial charge >= 0.3 is 0 Å². The molecule has 3 N–H and O–H groups in total. The van der Waals surface area contributed by atoms with Gasteiger partial charge < -0.3 is 5.73 Å². The van der Waals surface area contributed by atoms with E-state index < -0.39 is 0 Å². The zero-order valence-corrected chi connectivity index (χ0v) is 8.24. The number of hydrazone groups is 1. The summed E-state index contributed by atoms with van der Waals surface area (Å²) in [5.74, 6) is -0.187. The first-order chi connectivity index (χ1) is 6.59. The maximum Gasteiger partial charge on any atom is 0.236 e. The summed E-state index contributed by atoms with van der Waals surface area (Å²) in [6, 6.07) is 7.34. The zero-order chi connectivity index (χ0) is 10.6. The van der Waals surface area contributed by atoms with Gasteiger partial charge in [-0.2, -0.15) is 5.10 Å². The molecule has 1 amide bonds.